The molecule has 34 heavy (non-hydrogen) atoms. The molecule has 1 aliphatic heterocycles. The second-order valence-corrected chi connectivity index (χ2v) is 7.70. The van der Waals surface area contributed by atoms with Gasteiger partial charge in [0.15, 0.2) is 0 Å². The quantitative estimate of drug-likeness (QED) is 0.578. The average Bonchev–Trinajstić information content (AvgIpc) is 2.90. The van der Waals surface area contributed by atoms with E-state index in [-0.39, 0.29) is 0 Å². The lowest BCUT2D eigenvalue weighted by Crippen LogP contribution is -2.36. The van der Waals surface area contributed by atoms with Crippen LogP contribution in [0.3, 0.4) is 0 Å². The third-order valence-corrected chi connectivity index (χ3v) is 5.65. The maximum absolute atomic E-state index is 6.00. The van der Waals surface area contributed by atoms with Crippen LogP contribution < -0.4 is 20.7 Å². The number of hydrogen-bond acceptors (Lipinski definition) is 7. The van der Waals surface area contributed by atoms with E-state index in [1.54, 1.807) is 19.4 Å². The van der Waals surface area contributed by atoms with Crippen LogP contribution in [0, 0.1) is 0 Å². The van der Waals surface area contributed by atoms with E-state index >= 15 is 0 Å². The van der Waals surface area contributed by atoms with Gasteiger partial charge in [0.2, 0.25) is 5.95 Å². The number of nitrogens with one attached hydrogen (secondary N) is 1. The summed E-state index contributed by atoms with van der Waals surface area (Å²) in [4.78, 5) is 11.5. The Labute approximate surface area is 202 Å². The van der Waals surface area contributed by atoms with Crippen LogP contribution in [0.5, 0.6) is 5.75 Å². The predicted molar refractivity (Wildman–Crippen MR) is 141 cm³/mol. The zero-order valence-electron chi connectivity index (χ0n) is 20.4. The number of hydrogen-bond donors (Lipinski definition) is 2. The van der Waals surface area contributed by atoms with Crippen LogP contribution in [0.2, 0.25) is 0 Å². The third-order valence-electron chi connectivity index (χ3n) is 5.65. The van der Waals surface area contributed by atoms with Crippen molar-refractivity contribution < 1.29 is 9.47 Å². The van der Waals surface area contributed by atoms with Gasteiger partial charge in [-0.15, -0.1) is 0 Å². The number of nitrogens with zero attached hydrogens (tertiary/aromatic N) is 3. The van der Waals surface area contributed by atoms with Gasteiger partial charge in [0.1, 0.15) is 5.75 Å². The van der Waals surface area contributed by atoms with Crippen molar-refractivity contribution in [1.82, 2.24) is 9.97 Å². The fourth-order valence-electron chi connectivity index (χ4n) is 3.88. The summed E-state index contributed by atoms with van der Waals surface area (Å²) in [5.74, 6) is 1.18. The molecule has 0 unspecified atom stereocenters. The summed E-state index contributed by atoms with van der Waals surface area (Å²) in [5.41, 5.74) is 12.1. The van der Waals surface area contributed by atoms with Crippen molar-refractivity contribution in [3.63, 3.8) is 0 Å². The standard InChI is InChI=1S/C25H29N5O2.C2H6/c1-4-18-16-27-25(29-24(18)17(2)19-6-5-7-20(26)14-19)28-22-9-8-21(15-23(22)31-3)30-10-12-32-13-11-30;1-2/h4,7-9,14-16H,1-2,5-6,10-13,26H2,3H3,(H,27,28,29);1-2H3. The van der Waals surface area contributed by atoms with E-state index in [1.165, 1.54) is 0 Å². The van der Waals surface area contributed by atoms with Gasteiger partial charge in [-0.3, -0.25) is 0 Å². The Hall–Kier alpha value is -3.58. The molecule has 1 aliphatic carbocycles. The fourth-order valence-corrected chi connectivity index (χ4v) is 3.88. The van der Waals surface area contributed by atoms with Gasteiger partial charge < -0.3 is 25.4 Å². The van der Waals surface area contributed by atoms with Crippen LogP contribution >= 0.6 is 0 Å². The highest BCUT2D eigenvalue weighted by atomic mass is 16.5. The van der Waals surface area contributed by atoms with Gasteiger partial charge in [-0.25, -0.2) is 9.97 Å². The van der Waals surface area contributed by atoms with E-state index in [4.69, 9.17) is 20.2 Å². The molecule has 7 heteroatoms. The van der Waals surface area contributed by atoms with Crippen molar-refractivity contribution in [2.24, 2.45) is 5.73 Å². The van der Waals surface area contributed by atoms with Gasteiger partial charge in [0.05, 0.1) is 31.7 Å². The molecule has 3 N–H and O–H groups in total. The van der Waals surface area contributed by atoms with Crippen LogP contribution in [0.1, 0.15) is 37.9 Å². The van der Waals surface area contributed by atoms with Gasteiger partial charge in [-0.05, 0) is 42.2 Å². The van der Waals surface area contributed by atoms with Gasteiger partial charge in [-0.1, -0.05) is 39.2 Å². The number of anilines is 3. The first-order valence-electron chi connectivity index (χ1n) is 11.7. The van der Waals surface area contributed by atoms with Gasteiger partial charge in [-0.2, -0.15) is 0 Å². The summed E-state index contributed by atoms with van der Waals surface area (Å²) in [6, 6.07) is 6.07. The van der Waals surface area contributed by atoms with Crippen LogP contribution in [-0.2, 0) is 4.74 Å². The molecule has 1 fully saturated rings. The molecule has 2 aliphatic rings. The van der Waals surface area contributed by atoms with Crippen molar-refractivity contribution in [2.75, 3.05) is 43.6 Å². The molecule has 2 heterocycles. The maximum Gasteiger partial charge on any atom is 0.227 e. The Balaban J connectivity index is 0.00000158. The largest absolute Gasteiger partial charge is 0.494 e. The van der Waals surface area contributed by atoms with E-state index in [2.05, 4.69) is 34.4 Å². The molecule has 1 aromatic carbocycles. The number of ether oxygens (including phenoxy) is 2. The van der Waals surface area contributed by atoms with Crippen molar-refractivity contribution >= 4 is 29.0 Å². The monoisotopic (exact) mass is 461 g/mol. The molecular weight excluding hydrogens is 426 g/mol. The highest BCUT2D eigenvalue weighted by Crippen LogP contribution is 2.33. The van der Waals surface area contributed by atoms with Crippen molar-refractivity contribution in [1.29, 1.82) is 0 Å². The molecule has 2 aromatic rings. The zero-order valence-corrected chi connectivity index (χ0v) is 20.4. The number of methoxy groups -OCH3 is 1. The van der Waals surface area contributed by atoms with Crippen LogP contribution in [0.15, 0.2) is 61.0 Å². The van der Waals surface area contributed by atoms with Crippen molar-refractivity contribution in [3.05, 3.63) is 72.2 Å². The summed E-state index contributed by atoms with van der Waals surface area (Å²) in [6.45, 7) is 15.4. The number of nitrogens with two attached hydrogens (primary N) is 1. The molecule has 0 radical (unpaired) electrons. The second kappa shape index (κ2) is 12.0. The minimum Gasteiger partial charge on any atom is -0.494 e. The lowest BCUT2D eigenvalue weighted by atomic mass is 9.93. The normalized spacial score (nSPS) is 15.3. The van der Waals surface area contributed by atoms with Crippen LogP contribution in [0.4, 0.5) is 17.3 Å². The Morgan fingerprint density at radius 2 is 2.03 bits per heavy atom. The molecular formula is C27H35N5O2. The van der Waals surface area contributed by atoms with E-state index < -0.39 is 0 Å². The lowest BCUT2D eigenvalue weighted by Gasteiger charge is -2.29. The van der Waals surface area contributed by atoms with Crippen molar-refractivity contribution in [3.8, 4) is 5.75 Å². The number of morpholine rings is 1. The highest BCUT2D eigenvalue weighted by Gasteiger charge is 2.17. The van der Waals surface area contributed by atoms with Crippen LogP contribution in [0.25, 0.3) is 11.6 Å². The fraction of sp³-hybridized carbons (Fsp3) is 0.333. The highest BCUT2D eigenvalue weighted by molar-refractivity contribution is 5.81. The smallest absolute Gasteiger partial charge is 0.227 e. The summed E-state index contributed by atoms with van der Waals surface area (Å²) in [5, 5.41) is 3.29. The molecule has 0 atom stereocenters. The topological polar surface area (TPSA) is 85.5 Å². The predicted octanol–water partition coefficient (Wildman–Crippen LogP) is 5.31. The third kappa shape index (κ3) is 5.85. The van der Waals surface area contributed by atoms with E-state index in [9.17, 15) is 0 Å². The summed E-state index contributed by atoms with van der Waals surface area (Å²) < 4.78 is 11.1. The first-order valence-corrected chi connectivity index (χ1v) is 11.7. The van der Waals surface area contributed by atoms with Crippen molar-refractivity contribution in [2.45, 2.75) is 26.7 Å². The Bertz CT molecular complexity index is 1080. The molecule has 7 nitrogen and oxygen atoms in total. The molecule has 0 saturated carbocycles. The molecule has 1 aromatic heterocycles. The molecule has 0 bridgehead atoms. The second-order valence-electron chi connectivity index (χ2n) is 7.70. The minimum absolute atomic E-state index is 0.462. The molecule has 4 rings (SSSR count). The summed E-state index contributed by atoms with van der Waals surface area (Å²) in [7, 11) is 1.66. The Morgan fingerprint density at radius 3 is 2.71 bits per heavy atom. The first-order chi connectivity index (χ1) is 16.6. The lowest BCUT2D eigenvalue weighted by molar-refractivity contribution is 0.122. The van der Waals surface area contributed by atoms with E-state index in [0.717, 1.165) is 84.4 Å². The van der Waals surface area contributed by atoms with Gasteiger partial charge in [0.25, 0.3) is 0 Å². The average molecular weight is 462 g/mol. The summed E-state index contributed by atoms with van der Waals surface area (Å²) in [6.07, 6.45) is 9.24. The SMILES string of the molecule is C=Cc1cnc(Nc2ccc(N3CCOCC3)cc2OC)nc1C(=C)C1=CC(N)=CCC1.CC. The van der Waals surface area contributed by atoms with Gasteiger partial charge >= 0.3 is 0 Å². The van der Waals surface area contributed by atoms with Crippen LogP contribution in [-0.4, -0.2) is 43.4 Å². The molecule has 0 spiro atoms. The Morgan fingerprint density at radius 1 is 1.26 bits per heavy atom. The number of rotatable bonds is 7. The number of benzene rings is 1. The molecule has 180 valence electrons. The van der Waals surface area contributed by atoms with Gasteiger partial charge in [0, 0.05) is 42.3 Å². The number of aromatic nitrogens is 2. The maximum atomic E-state index is 6.00. The Kier molecular flexibility index (Phi) is 8.87. The molecule has 1 saturated heterocycles. The molecule has 0 amide bonds. The summed E-state index contributed by atoms with van der Waals surface area (Å²) >= 11 is 0. The minimum atomic E-state index is 0.462. The van der Waals surface area contributed by atoms with E-state index in [0.29, 0.717) is 5.95 Å². The first kappa shape index (κ1) is 25.1. The number of allylic oxidation sites excluding steroid dienone is 4. The zero-order chi connectivity index (χ0) is 24.5. The van der Waals surface area contributed by atoms with E-state index in [1.807, 2.05) is 38.1 Å².